The molecule has 1 amide bonds. The Morgan fingerprint density at radius 1 is 1.07 bits per heavy atom. The zero-order chi connectivity index (χ0) is 20.0. The monoisotopic (exact) mass is 383 g/mol. The number of fused-ring (bicyclic) bond motifs is 2. The fourth-order valence-corrected chi connectivity index (χ4v) is 4.10. The lowest BCUT2D eigenvalue weighted by Gasteiger charge is -2.30. The Kier molecular flexibility index (Phi) is 4.16. The van der Waals surface area contributed by atoms with E-state index in [1.54, 1.807) is 0 Å². The van der Waals surface area contributed by atoms with Gasteiger partial charge in [0.2, 0.25) is 0 Å². The Balaban J connectivity index is 1.67. The predicted molar refractivity (Wildman–Crippen MR) is 113 cm³/mol. The van der Waals surface area contributed by atoms with E-state index < -0.39 is 0 Å². The number of carbonyl (C=O) groups excluding carboxylic acids is 1. The van der Waals surface area contributed by atoms with Gasteiger partial charge in [-0.25, -0.2) is 4.98 Å². The van der Waals surface area contributed by atoms with Gasteiger partial charge < -0.3 is 9.42 Å². The van der Waals surface area contributed by atoms with Gasteiger partial charge >= 0.3 is 0 Å². The molecular formula is C24H21N3O2. The molecule has 2 aromatic heterocycles. The Morgan fingerprint density at radius 2 is 1.90 bits per heavy atom. The van der Waals surface area contributed by atoms with Crippen LogP contribution in [0.15, 0.2) is 59.1 Å². The highest BCUT2D eigenvalue weighted by Gasteiger charge is 2.27. The summed E-state index contributed by atoms with van der Waals surface area (Å²) in [5.41, 5.74) is 6.73. The van der Waals surface area contributed by atoms with Crippen molar-refractivity contribution in [2.24, 2.45) is 0 Å². The van der Waals surface area contributed by atoms with Crippen molar-refractivity contribution in [2.75, 3.05) is 11.4 Å². The molecule has 4 aromatic rings. The number of anilines is 1. The Bertz CT molecular complexity index is 1230. The number of aromatic nitrogens is 2. The van der Waals surface area contributed by atoms with Crippen molar-refractivity contribution in [1.29, 1.82) is 0 Å². The molecule has 29 heavy (non-hydrogen) atoms. The van der Waals surface area contributed by atoms with Gasteiger partial charge in [0.05, 0.1) is 22.3 Å². The van der Waals surface area contributed by atoms with Crippen LogP contribution in [0.25, 0.3) is 22.4 Å². The van der Waals surface area contributed by atoms with Crippen LogP contribution in [0.4, 0.5) is 5.69 Å². The van der Waals surface area contributed by atoms with Gasteiger partial charge in [-0.15, -0.1) is 0 Å². The molecule has 1 aliphatic rings. The molecule has 0 spiro atoms. The standard InChI is InChI=1S/C24H21N3O2/c1-15-10-11-21-18(13-15)9-6-12-27(21)24(28)19-14-20(17-7-4-3-5-8-17)25-23-22(19)16(2)26-29-23/h3-5,7-8,10-11,13-14H,6,9,12H2,1-2H3. The maximum atomic E-state index is 13.7. The van der Waals surface area contributed by atoms with E-state index in [4.69, 9.17) is 4.52 Å². The van der Waals surface area contributed by atoms with E-state index in [0.29, 0.717) is 34.6 Å². The molecule has 0 radical (unpaired) electrons. The molecule has 2 aromatic carbocycles. The number of carbonyl (C=O) groups is 1. The van der Waals surface area contributed by atoms with Gasteiger partial charge in [-0.1, -0.05) is 53.2 Å². The van der Waals surface area contributed by atoms with Gasteiger partial charge in [0.15, 0.2) is 0 Å². The van der Waals surface area contributed by atoms with Gasteiger partial charge in [-0.2, -0.15) is 0 Å². The summed E-state index contributed by atoms with van der Waals surface area (Å²) in [4.78, 5) is 20.2. The first kappa shape index (κ1) is 17.6. The van der Waals surface area contributed by atoms with E-state index in [1.807, 2.05) is 48.2 Å². The van der Waals surface area contributed by atoms with E-state index in [0.717, 1.165) is 24.1 Å². The number of amides is 1. The highest BCUT2D eigenvalue weighted by atomic mass is 16.5. The van der Waals surface area contributed by atoms with Crippen LogP contribution in [-0.4, -0.2) is 22.6 Å². The van der Waals surface area contributed by atoms with E-state index in [2.05, 4.69) is 35.3 Å². The molecule has 0 atom stereocenters. The van der Waals surface area contributed by atoms with Gasteiger partial charge in [0.1, 0.15) is 0 Å². The van der Waals surface area contributed by atoms with Crippen molar-refractivity contribution >= 4 is 22.7 Å². The molecule has 0 aliphatic carbocycles. The first-order valence-corrected chi connectivity index (χ1v) is 9.85. The number of pyridine rings is 1. The zero-order valence-electron chi connectivity index (χ0n) is 16.5. The maximum absolute atomic E-state index is 13.7. The number of aryl methyl sites for hydroxylation is 3. The lowest BCUT2D eigenvalue weighted by atomic mass is 9.98. The summed E-state index contributed by atoms with van der Waals surface area (Å²) in [5, 5.41) is 4.76. The van der Waals surface area contributed by atoms with Crippen LogP contribution < -0.4 is 4.90 Å². The number of hydrogen-bond acceptors (Lipinski definition) is 4. The van der Waals surface area contributed by atoms with E-state index >= 15 is 0 Å². The van der Waals surface area contributed by atoms with E-state index in [-0.39, 0.29) is 5.91 Å². The van der Waals surface area contributed by atoms with Crippen LogP contribution in [0, 0.1) is 13.8 Å². The quantitative estimate of drug-likeness (QED) is 0.483. The van der Waals surface area contributed by atoms with Gasteiger partial charge in [0, 0.05) is 17.8 Å². The molecule has 5 nitrogen and oxygen atoms in total. The van der Waals surface area contributed by atoms with Crippen LogP contribution in [0.5, 0.6) is 0 Å². The molecule has 5 heteroatoms. The van der Waals surface area contributed by atoms with Crippen molar-refractivity contribution in [2.45, 2.75) is 26.7 Å². The topological polar surface area (TPSA) is 59.2 Å². The number of nitrogens with zero attached hydrogens (tertiary/aromatic N) is 3. The van der Waals surface area contributed by atoms with Gasteiger partial charge in [-0.3, -0.25) is 4.79 Å². The second-order valence-electron chi connectivity index (χ2n) is 7.56. The first-order valence-electron chi connectivity index (χ1n) is 9.85. The van der Waals surface area contributed by atoms with Crippen molar-refractivity contribution in [3.63, 3.8) is 0 Å². The SMILES string of the molecule is Cc1ccc2c(c1)CCCN2C(=O)c1cc(-c2ccccc2)nc2onc(C)c12. The average Bonchev–Trinajstić information content (AvgIpc) is 3.13. The smallest absolute Gasteiger partial charge is 0.259 e. The molecule has 0 fully saturated rings. The molecule has 5 rings (SSSR count). The van der Waals surface area contributed by atoms with Crippen LogP contribution in [0.1, 0.15) is 33.6 Å². The van der Waals surface area contributed by atoms with Crippen LogP contribution in [0.3, 0.4) is 0 Å². The Morgan fingerprint density at radius 3 is 2.72 bits per heavy atom. The van der Waals surface area contributed by atoms with Crippen molar-refractivity contribution in [3.05, 3.63) is 77.0 Å². The third-order valence-electron chi connectivity index (χ3n) is 5.52. The predicted octanol–water partition coefficient (Wildman–Crippen LogP) is 5.10. The Hall–Kier alpha value is -3.47. The minimum Gasteiger partial charge on any atom is -0.335 e. The second-order valence-corrected chi connectivity index (χ2v) is 7.56. The van der Waals surface area contributed by atoms with Crippen molar-refractivity contribution < 1.29 is 9.32 Å². The maximum Gasteiger partial charge on any atom is 0.259 e. The summed E-state index contributed by atoms with van der Waals surface area (Å²) in [6.07, 6.45) is 1.94. The highest BCUT2D eigenvalue weighted by Crippen LogP contribution is 2.33. The average molecular weight is 383 g/mol. The molecule has 0 unspecified atom stereocenters. The lowest BCUT2D eigenvalue weighted by molar-refractivity contribution is 0.0986. The summed E-state index contributed by atoms with van der Waals surface area (Å²) >= 11 is 0. The third-order valence-corrected chi connectivity index (χ3v) is 5.52. The molecule has 1 aliphatic heterocycles. The molecule has 0 saturated carbocycles. The Labute approximate surface area is 169 Å². The molecule has 144 valence electrons. The van der Waals surface area contributed by atoms with E-state index in [9.17, 15) is 4.79 Å². The minimum absolute atomic E-state index is 0.0364. The fourth-order valence-electron chi connectivity index (χ4n) is 4.10. The zero-order valence-corrected chi connectivity index (χ0v) is 16.5. The third kappa shape index (κ3) is 2.99. The van der Waals surface area contributed by atoms with Gasteiger partial charge in [-0.05, 0) is 44.4 Å². The first-order chi connectivity index (χ1) is 14.1. The molecule has 0 saturated heterocycles. The largest absolute Gasteiger partial charge is 0.335 e. The number of rotatable bonds is 2. The van der Waals surface area contributed by atoms with Crippen molar-refractivity contribution in [1.82, 2.24) is 10.1 Å². The second kappa shape index (κ2) is 6.85. The lowest BCUT2D eigenvalue weighted by Crippen LogP contribution is -2.35. The van der Waals surface area contributed by atoms with E-state index in [1.165, 1.54) is 11.1 Å². The number of hydrogen-bond donors (Lipinski definition) is 0. The van der Waals surface area contributed by atoms with Crippen LogP contribution in [0.2, 0.25) is 0 Å². The summed E-state index contributed by atoms with van der Waals surface area (Å²) in [7, 11) is 0. The van der Waals surface area contributed by atoms with Gasteiger partial charge in [0.25, 0.3) is 11.6 Å². The number of benzene rings is 2. The fraction of sp³-hybridized carbons (Fsp3) is 0.208. The highest BCUT2D eigenvalue weighted by molar-refractivity contribution is 6.14. The molecule has 3 heterocycles. The summed E-state index contributed by atoms with van der Waals surface area (Å²) in [6, 6.07) is 18.0. The van der Waals surface area contributed by atoms with Crippen LogP contribution >= 0.6 is 0 Å². The molecular weight excluding hydrogens is 362 g/mol. The summed E-state index contributed by atoms with van der Waals surface area (Å²) < 4.78 is 5.44. The summed E-state index contributed by atoms with van der Waals surface area (Å²) in [6.45, 7) is 4.63. The molecule has 0 N–H and O–H groups in total. The summed E-state index contributed by atoms with van der Waals surface area (Å²) in [5.74, 6) is -0.0364. The normalized spacial score (nSPS) is 13.5. The van der Waals surface area contributed by atoms with Crippen LogP contribution in [-0.2, 0) is 6.42 Å². The van der Waals surface area contributed by atoms with Crippen molar-refractivity contribution in [3.8, 4) is 11.3 Å². The minimum atomic E-state index is -0.0364. The molecule has 0 bridgehead atoms.